The van der Waals surface area contributed by atoms with Crippen LogP contribution < -0.4 is 5.32 Å². The number of carbonyl (C=O) groups excluding carboxylic acids is 2. The Bertz CT molecular complexity index is 533. The van der Waals surface area contributed by atoms with Crippen molar-refractivity contribution in [3.05, 3.63) is 11.6 Å². The van der Waals surface area contributed by atoms with Crippen LogP contribution in [-0.4, -0.2) is 37.8 Å². The highest BCUT2D eigenvalue weighted by atomic mass is 32.2. The van der Waals surface area contributed by atoms with Crippen molar-refractivity contribution >= 4 is 56.6 Å². The number of unbranched alkanes of at least 4 members (excludes halogenated alkanes) is 2. The average Bonchev–Trinajstić information content (AvgIpc) is 3.08. The van der Waals surface area contributed by atoms with E-state index in [1.165, 1.54) is 23.1 Å². The number of aromatic nitrogens is 1. The lowest BCUT2D eigenvalue weighted by molar-refractivity contribution is -0.126. The van der Waals surface area contributed by atoms with Crippen molar-refractivity contribution in [3.8, 4) is 0 Å². The summed E-state index contributed by atoms with van der Waals surface area (Å²) in [5, 5.41) is 5.22. The molecule has 120 valence electrons. The molecule has 0 aromatic carbocycles. The van der Waals surface area contributed by atoms with Crippen molar-refractivity contribution in [2.45, 2.75) is 44.3 Å². The van der Waals surface area contributed by atoms with Crippen LogP contribution in [0.4, 0.5) is 5.13 Å². The smallest absolute Gasteiger partial charge is 0.241 e. The monoisotopic (exact) mass is 357 g/mol. The first-order valence-electron chi connectivity index (χ1n) is 7.33. The lowest BCUT2D eigenvalue weighted by Crippen LogP contribution is -2.32. The average molecular weight is 358 g/mol. The van der Waals surface area contributed by atoms with Gasteiger partial charge in [-0.25, -0.2) is 4.98 Å². The number of hydrogen-bond donors (Lipinski definition) is 1. The number of thioether (sulfide) groups is 1. The molecule has 1 aliphatic heterocycles. The molecule has 1 aromatic rings. The molecule has 0 saturated carbocycles. The lowest BCUT2D eigenvalue weighted by atomic mass is 10.2. The second-order valence-corrected chi connectivity index (χ2v) is 7.70. The van der Waals surface area contributed by atoms with Gasteiger partial charge in [0, 0.05) is 24.5 Å². The number of anilines is 1. The summed E-state index contributed by atoms with van der Waals surface area (Å²) >= 11 is 8.14. The number of thiocarbonyl (C=S) groups is 1. The molecule has 1 unspecified atom stereocenters. The number of amides is 2. The van der Waals surface area contributed by atoms with E-state index in [-0.39, 0.29) is 17.1 Å². The van der Waals surface area contributed by atoms with Gasteiger partial charge in [-0.1, -0.05) is 37.3 Å². The van der Waals surface area contributed by atoms with Crippen LogP contribution in [0.15, 0.2) is 11.6 Å². The Labute approximate surface area is 143 Å². The first kappa shape index (κ1) is 17.4. The molecular formula is C14H19N3O2S3. The molecule has 2 rings (SSSR count). The molecule has 5 nitrogen and oxygen atoms in total. The summed E-state index contributed by atoms with van der Waals surface area (Å²) in [7, 11) is 0. The van der Waals surface area contributed by atoms with E-state index >= 15 is 0 Å². The molecule has 1 aromatic heterocycles. The Balaban J connectivity index is 1.60. The van der Waals surface area contributed by atoms with Gasteiger partial charge in [-0.2, -0.15) is 0 Å². The highest BCUT2D eigenvalue weighted by Gasteiger charge is 2.34. The number of hydrogen-bond acceptors (Lipinski definition) is 6. The third kappa shape index (κ3) is 4.76. The first-order valence-corrected chi connectivity index (χ1v) is 9.50. The molecule has 1 aliphatic rings. The molecule has 0 bridgehead atoms. The number of nitrogens with one attached hydrogen (secondary N) is 1. The van der Waals surface area contributed by atoms with E-state index < -0.39 is 0 Å². The lowest BCUT2D eigenvalue weighted by Gasteiger charge is -2.15. The van der Waals surface area contributed by atoms with Crippen LogP contribution in [0.3, 0.4) is 0 Å². The van der Waals surface area contributed by atoms with Gasteiger partial charge in [-0.15, -0.1) is 11.3 Å². The summed E-state index contributed by atoms with van der Waals surface area (Å²) in [5.41, 5.74) is 0. The topological polar surface area (TPSA) is 62.3 Å². The molecule has 8 heteroatoms. The molecule has 1 N–H and O–H groups in total. The van der Waals surface area contributed by atoms with Gasteiger partial charge in [-0.05, 0) is 19.3 Å². The molecule has 1 saturated heterocycles. The summed E-state index contributed by atoms with van der Waals surface area (Å²) in [6.07, 6.45) is 5.53. The predicted octanol–water partition coefficient (Wildman–Crippen LogP) is 3.28. The van der Waals surface area contributed by atoms with Crippen molar-refractivity contribution in [1.82, 2.24) is 9.88 Å². The number of nitrogens with zero attached hydrogens (tertiary/aromatic N) is 2. The highest BCUT2D eigenvalue weighted by molar-refractivity contribution is 8.24. The third-order valence-electron chi connectivity index (χ3n) is 3.34. The van der Waals surface area contributed by atoms with E-state index in [2.05, 4.69) is 10.3 Å². The maximum absolute atomic E-state index is 12.0. The summed E-state index contributed by atoms with van der Waals surface area (Å²) in [6, 6.07) is 0. The van der Waals surface area contributed by atoms with Gasteiger partial charge >= 0.3 is 0 Å². The normalized spacial score (nSPS) is 18.0. The summed E-state index contributed by atoms with van der Waals surface area (Å²) < 4.78 is 0.693. The minimum Gasteiger partial charge on any atom is -0.302 e. The van der Waals surface area contributed by atoms with Crippen LogP contribution in [0.1, 0.15) is 39.0 Å². The molecule has 22 heavy (non-hydrogen) atoms. The van der Waals surface area contributed by atoms with Crippen molar-refractivity contribution in [3.63, 3.8) is 0 Å². The summed E-state index contributed by atoms with van der Waals surface area (Å²) in [6.45, 7) is 2.66. The standard InChI is InChI=1S/C14H19N3O2S3/c1-2-10-12(19)17(14(20)22-10)8-5-3-4-6-11(18)16-13-15-7-9-21-13/h7,9-10H,2-6,8H2,1H3,(H,15,16,18). The van der Waals surface area contributed by atoms with Gasteiger partial charge in [0.05, 0.1) is 5.25 Å². The van der Waals surface area contributed by atoms with Crippen LogP contribution in [0, 0.1) is 0 Å². The van der Waals surface area contributed by atoms with E-state index in [0.29, 0.717) is 22.4 Å². The molecule has 2 amide bonds. The zero-order chi connectivity index (χ0) is 15.9. The Morgan fingerprint density at radius 3 is 2.91 bits per heavy atom. The van der Waals surface area contributed by atoms with E-state index in [0.717, 1.165) is 25.7 Å². The van der Waals surface area contributed by atoms with Crippen molar-refractivity contribution < 1.29 is 9.59 Å². The minimum absolute atomic E-state index is 0.00317. The molecule has 0 radical (unpaired) electrons. The van der Waals surface area contributed by atoms with E-state index in [4.69, 9.17) is 12.2 Å². The zero-order valence-corrected chi connectivity index (χ0v) is 14.9. The van der Waals surface area contributed by atoms with Gasteiger partial charge < -0.3 is 5.32 Å². The fraction of sp³-hybridized carbons (Fsp3) is 0.571. The van der Waals surface area contributed by atoms with Crippen LogP contribution in [0.5, 0.6) is 0 Å². The molecule has 2 heterocycles. The largest absolute Gasteiger partial charge is 0.302 e. The van der Waals surface area contributed by atoms with Gasteiger partial charge in [0.15, 0.2) is 5.13 Å². The second kappa shape index (κ2) is 8.59. The maximum Gasteiger partial charge on any atom is 0.241 e. The third-order valence-corrected chi connectivity index (χ3v) is 5.78. The summed E-state index contributed by atoms with van der Waals surface area (Å²) in [5.74, 6) is 0.128. The molecular weight excluding hydrogens is 338 g/mol. The van der Waals surface area contributed by atoms with E-state index in [9.17, 15) is 9.59 Å². The number of thiazole rings is 1. The van der Waals surface area contributed by atoms with Crippen LogP contribution in [0.25, 0.3) is 0 Å². The highest BCUT2D eigenvalue weighted by Crippen LogP contribution is 2.29. The van der Waals surface area contributed by atoms with Crippen LogP contribution in [-0.2, 0) is 9.59 Å². The fourth-order valence-electron chi connectivity index (χ4n) is 2.16. The Hall–Kier alpha value is -0.990. The van der Waals surface area contributed by atoms with E-state index in [1.54, 1.807) is 11.1 Å². The SMILES string of the molecule is CCC1SC(=S)N(CCCCCC(=O)Nc2nccs2)C1=O. The molecule has 1 fully saturated rings. The molecule has 0 aliphatic carbocycles. The zero-order valence-electron chi connectivity index (χ0n) is 12.4. The fourth-order valence-corrected chi connectivity index (χ4v) is 4.18. The molecule has 0 spiro atoms. The van der Waals surface area contributed by atoms with Crippen LogP contribution in [0.2, 0.25) is 0 Å². The van der Waals surface area contributed by atoms with Crippen molar-refractivity contribution in [1.29, 1.82) is 0 Å². The Morgan fingerprint density at radius 2 is 2.27 bits per heavy atom. The second-order valence-electron chi connectivity index (χ2n) is 4.97. The quantitative estimate of drug-likeness (QED) is 0.571. The van der Waals surface area contributed by atoms with Gasteiger partial charge in [-0.3, -0.25) is 14.5 Å². The molecule has 1 atom stereocenters. The summed E-state index contributed by atoms with van der Waals surface area (Å²) in [4.78, 5) is 29.4. The predicted molar refractivity (Wildman–Crippen MR) is 95.2 cm³/mol. The van der Waals surface area contributed by atoms with Crippen molar-refractivity contribution in [2.75, 3.05) is 11.9 Å². The minimum atomic E-state index is -0.00989. The van der Waals surface area contributed by atoms with Crippen LogP contribution >= 0.6 is 35.3 Å². The number of rotatable bonds is 8. The van der Waals surface area contributed by atoms with E-state index in [1.807, 2.05) is 12.3 Å². The maximum atomic E-state index is 12.0. The first-order chi connectivity index (χ1) is 10.6. The Morgan fingerprint density at radius 1 is 1.45 bits per heavy atom. The Kier molecular flexibility index (Phi) is 6.78. The van der Waals surface area contributed by atoms with Crippen molar-refractivity contribution in [2.24, 2.45) is 0 Å². The van der Waals surface area contributed by atoms with Gasteiger partial charge in [0.1, 0.15) is 4.32 Å². The van der Waals surface area contributed by atoms with Gasteiger partial charge in [0.2, 0.25) is 11.8 Å². The van der Waals surface area contributed by atoms with Gasteiger partial charge in [0.25, 0.3) is 0 Å². The number of carbonyl (C=O) groups is 2.